The molecule has 0 aliphatic heterocycles. The topological polar surface area (TPSA) is 49.4 Å². The largest absolute Gasteiger partial charge is 0.446 e. The molecule has 0 unspecified atom stereocenters. The van der Waals surface area contributed by atoms with Gasteiger partial charge in [0, 0.05) is 29.6 Å². The minimum atomic E-state index is -4.48. The maximum Gasteiger partial charge on any atom is 0.446 e. The van der Waals surface area contributed by atoms with Crippen molar-refractivity contribution in [1.82, 2.24) is 4.90 Å². The van der Waals surface area contributed by atoms with Crippen LogP contribution >= 0.6 is 23.5 Å². The number of nitrogens with one attached hydrogen (secondary N) is 1. The molecular formula is C17H15F3N2O2S2. The Morgan fingerprint density at radius 2 is 1.62 bits per heavy atom. The fourth-order valence-corrected chi connectivity index (χ4v) is 3.19. The number of amides is 2. The van der Waals surface area contributed by atoms with Crippen molar-refractivity contribution in [3.8, 4) is 0 Å². The van der Waals surface area contributed by atoms with E-state index in [-0.39, 0.29) is 27.5 Å². The van der Waals surface area contributed by atoms with Gasteiger partial charge in [-0.1, -0.05) is 12.1 Å². The van der Waals surface area contributed by atoms with E-state index in [1.165, 1.54) is 29.2 Å². The quantitative estimate of drug-likeness (QED) is 0.706. The number of thioether (sulfide) groups is 2. The first-order valence-electron chi connectivity index (χ1n) is 7.31. The van der Waals surface area contributed by atoms with E-state index < -0.39 is 11.4 Å². The van der Waals surface area contributed by atoms with Gasteiger partial charge in [-0.25, -0.2) is 0 Å². The molecule has 0 radical (unpaired) electrons. The van der Waals surface area contributed by atoms with Crippen LogP contribution in [-0.2, 0) is 0 Å². The summed E-state index contributed by atoms with van der Waals surface area (Å²) in [5.41, 5.74) is -4.12. The molecule has 2 rings (SSSR count). The molecule has 2 aromatic rings. The van der Waals surface area contributed by atoms with Crippen LogP contribution in [0.3, 0.4) is 0 Å². The second-order valence-corrected chi connectivity index (χ2v) is 7.42. The maximum absolute atomic E-state index is 12.6. The molecule has 2 aromatic carbocycles. The monoisotopic (exact) mass is 400 g/mol. The lowest BCUT2D eigenvalue weighted by Crippen LogP contribution is -2.16. The molecule has 138 valence electrons. The predicted octanol–water partition coefficient (Wildman–Crippen LogP) is 5.32. The number of alkyl halides is 3. The summed E-state index contributed by atoms with van der Waals surface area (Å²) in [7, 11) is 3.28. The molecule has 4 nitrogen and oxygen atoms in total. The Bertz CT molecular complexity index is 793. The molecule has 0 saturated carbocycles. The van der Waals surface area contributed by atoms with Crippen LogP contribution in [0.15, 0.2) is 58.3 Å². The first-order valence-corrected chi connectivity index (χ1v) is 8.94. The van der Waals surface area contributed by atoms with Crippen LogP contribution in [0.25, 0.3) is 0 Å². The molecule has 0 heterocycles. The van der Waals surface area contributed by atoms with Crippen molar-refractivity contribution < 1.29 is 22.8 Å². The molecule has 2 amide bonds. The third-order valence-corrected chi connectivity index (χ3v) is 4.89. The Hall–Kier alpha value is -2.13. The van der Waals surface area contributed by atoms with Crippen molar-refractivity contribution in [2.75, 3.05) is 19.4 Å². The van der Waals surface area contributed by atoms with E-state index in [1.54, 1.807) is 38.4 Å². The van der Waals surface area contributed by atoms with Crippen molar-refractivity contribution in [2.24, 2.45) is 0 Å². The van der Waals surface area contributed by atoms with Crippen LogP contribution in [0.4, 0.5) is 23.7 Å². The average molecular weight is 400 g/mol. The van der Waals surface area contributed by atoms with Gasteiger partial charge in [0.25, 0.3) is 11.1 Å². The van der Waals surface area contributed by atoms with Gasteiger partial charge in [-0.3, -0.25) is 9.59 Å². The summed E-state index contributed by atoms with van der Waals surface area (Å²) in [6, 6.07) is 12.0. The van der Waals surface area contributed by atoms with E-state index in [0.717, 1.165) is 11.8 Å². The van der Waals surface area contributed by atoms with Crippen LogP contribution in [-0.4, -0.2) is 35.6 Å². The van der Waals surface area contributed by atoms with Crippen LogP contribution in [0.1, 0.15) is 10.4 Å². The summed E-state index contributed by atoms with van der Waals surface area (Å²) in [5.74, 6) is -0.637. The second-order valence-electron chi connectivity index (χ2n) is 5.28. The average Bonchev–Trinajstić information content (AvgIpc) is 2.55. The number of nitrogens with zero attached hydrogens (tertiary/aromatic N) is 1. The normalized spacial score (nSPS) is 11.1. The molecule has 0 spiro atoms. The zero-order valence-corrected chi connectivity index (χ0v) is 15.5. The molecule has 0 saturated heterocycles. The number of halogens is 3. The SMILES string of the molecule is CN(C)C(=O)Sc1ccc(NC(=O)c2ccccc2SC(F)(F)F)cc1. The third kappa shape index (κ3) is 5.99. The van der Waals surface area contributed by atoms with Gasteiger partial charge in [0.1, 0.15) is 0 Å². The van der Waals surface area contributed by atoms with E-state index in [9.17, 15) is 22.8 Å². The molecule has 1 N–H and O–H groups in total. The number of hydrogen-bond acceptors (Lipinski definition) is 4. The Morgan fingerprint density at radius 1 is 1.00 bits per heavy atom. The highest BCUT2D eigenvalue weighted by molar-refractivity contribution is 8.13. The summed E-state index contributed by atoms with van der Waals surface area (Å²) in [5, 5.41) is 2.42. The highest BCUT2D eigenvalue weighted by Crippen LogP contribution is 2.38. The van der Waals surface area contributed by atoms with Gasteiger partial charge >= 0.3 is 5.51 Å². The lowest BCUT2D eigenvalue weighted by atomic mass is 10.2. The molecular weight excluding hydrogens is 385 g/mol. The smallest absolute Gasteiger partial charge is 0.339 e. The molecule has 26 heavy (non-hydrogen) atoms. The molecule has 0 aliphatic rings. The van der Waals surface area contributed by atoms with Gasteiger partial charge in [-0.2, -0.15) is 13.2 Å². The van der Waals surface area contributed by atoms with Gasteiger partial charge in [-0.05, 0) is 59.9 Å². The number of carbonyl (C=O) groups is 2. The zero-order chi connectivity index (χ0) is 19.3. The van der Waals surface area contributed by atoms with Crippen LogP contribution in [0.2, 0.25) is 0 Å². The summed E-state index contributed by atoms with van der Waals surface area (Å²) in [6.45, 7) is 0. The van der Waals surface area contributed by atoms with Crippen molar-refractivity contribution in [1.29, 1.82) is 0 Å². The lowest BCUT2D eigenvalue weighted by molar-refractivity contribution is -0.0328. The lowest BCUT2D eigenvalue weighted by Gasteiger charge is -2.12. The van der Waals surface area contributed by atoms with Crippen LogP contribution in [0, 0.1) is 0 Å². The van der Waals surface area contributed by atoms with Gasteiger partial charge in [0.2, 0.25) is 0 Å². The van der Waals surface area contributed by atoms with Crippen LogP contribution < -0.4 is 5.32 Å². The van der Waals surface area contributed by atoms with Gasteiger partial charge in [0.05, 0.1) is 5.56 Å². The number of rotatable bonds is 4. The van der Waals surface area contributed by atoms with Gasteiger partial charge < -0.3 is 10.2 Å². The summed E-state index contributed by atoms with van der Waals surface area (Å²) in [6.07, 6.45) is 0. The second kappa shape index (κ2) is 8.50. The highest BCUT2D eigenvalue weighted by atomic mass is 32.2. The van der Waals surface area contributed by atoms with E-state index in [0.29, 0.717) is 10.6 Å². The minimum Gasteiger partial charge on any atom is -0.339 e. The fourth-order valence-electron chi connectivity index (χ4n) is 1.86. The van der Waals surface area contributed by atoms with Crippen molar-refractivity contribution in [3.05, 3.63) is 54.1 Å². The molecule has 0 fully saturated rings. The fraction of sp³-hybridized carbons (Fsp3) is 0.176. The first-order chi connectivity index (χ1) is 12.2. The summed E-state index contributed by atoms with van der Waals surface area (Å²) in [4.78, 5) is 25.9. The minimum absolute atomic E-state index is 0.0592. The van der Waals surface area contributed by atoms with E-state index in [4.69, 9.17) is 0 Å². The summed E-state index contributed by atoms with van der Waals surface area (Å²) < 4.78 is 37.8. The number of hydrogen-bond donors (Lipinski definition) is 1. The molecule has 0 atom stereocenters. The Labute approximate surface area is 157 Å². The highest BCUT2D eigenvalue weighted by Gasteiger charge is 2.31. The number of carbonyl (C=O) groups excluding carboxylic acids is 2. The Kier molecular flexibility index (Phi) is 6.60. The zero-order valence-electron chi connectivity index (χ0n) is 13.8. The molecule has 0 bridgehead atoms. The molecule has 9 heteroatoms. The van der Waals surface area contributed by atoms with Crippen LogP contribution in [0.5, 0.6) is 0 Å². The summed E-state index contributed by atoms with van der Waals surface area (Å²) >= 11 is 0.702. The van der Waals surface area contributed by atoms with Crippen molar-refractivity contribution >= 4 is 40.4 Å². The third-order valence-electron chi connectivity index (χ3n) is 3.04. The van der Waals surface area contributed by atoms with E-state index in [1.807, 2.05) is 0 Å². The maximum atomic E-state index is 12.6. The number of benzene rings is 2. The first kappa shape index (κ1) is 20.2. The Morgan fingerprint density at radius 3 is 2.19 bits per heavy atom. The van der Waals surface area contributed by atoms with E-state index >= 15 is 0 Å². The van der Waals surface area contributed by atoms with Crippen molar-refractivity contribution in [3.63, 3.8) is 0 Å². The van der Waals surface area contributed by atoms with Gasteiger partial charge in [-0.15, -0.1) is 0 Å². The number of anilines is 1. The molecule has 0 aliphatic carbocycles. The standard InChI is InChI=1S/C17H15F3N2O2S2/c1-22(2)16(24)25-12-9-7-11(8-10-12)21-15(23)13-5-3-4-6-14(13)26-17(18,19)20/h3-10H,1-2H3,(H,21,23). The van der Waals surface area contributed by atoms with Gasteiger partial charge in [0.15, 0.2) is 0 Å². The van der Waals surface area contributed by atoms with Crippen molar-refractivity contribution in [2.45, 2.75) is 15.3 Å². The predicted molar refractivity (Wildman–Crippen MR) is 97.7 cm³/mol. The van der Waals surface area contributed by atoms with E-state index in [2.05, 4.69) is 5.32 Å². The Balaban J connectivity index is 2.10. The molecule has 0 aromatic heterocycles.